The van der Waals surface area contributed by atoms with Crippen molar-refractivity contribution in [3.8, 4) is 28.3 Å². The molecule has 6 rings (SSSR count). The van der Waals surface area contributed by atoms with Crippen LogP contribution in [-0.2, 0) is 16.5 Å². The molecule has 3 N–H and O–H groups in total. The molecular formula is C30H24F2N6O6S. The molecule has 3 aromatic carbocycles. The fourth-order valence-electron chi connectivity index (χ4n) is 4.39. The molecule has 0 spiro atoms. The molecule has 0 bridgehead atoms. The van der Waals surface area contributed by atoms with Crippen molar-refractivity contribution in [3.05, 3.63) is 118 Å². The van der Waals surface area contributed by atoms with Crippen LogP contribution in [0.25, 0.3) is 27.7 Å². The highest BCUT2D eigenvalue weighted by Gasteiger charge is 2.18. The molecule has 0 amide bonds. The molecule has 3 heterocycles. The third kappa shape index (κ3) is 7.52. The van der Waals surface area contributed by atoms with Gasteiger partial charge in [0.1, 0.15) is 11.6 Å². The number of rotatable bonds is 7. The van der Waals surface area contributed by atoms with Crippen LogP contribution in [-0.4, -0.2) is 55.2 Å². The van der Waals surface area contributed by atoms with Gasteiger partial charge in [-0.2, -0.15) is 28.4 Å². The zero-order chi connectivity index (χ0) is 32.3. The van der Waals surface area contributed by atoms with Gasteiger partial charge in [-0.1, -0.05) is 6.07 Å². The molecule has 0 saturated carbocycles. The minimum absolute atomic E-state index is 0.0396. The number of H-pyrrole nitrogens is 2. The predicted molar refractivity (Wildman–Crippen MR) is 160 cm³/mol. The summed E-state index contributed by atoms with van der Waals surface area (Å²) in [5, 5.41) is 18.6. The number of aromatic amines is 2. The fourth-order valence-corrected chi connectivity index (χ4v) is 4.39. The second-order valence-corrected chi connectivity index (χ2v) is 11.4. The maximum Gasteiger partial charge on any atom is 0.282 e. The van der Waals surface area contributed by atoms with E-state index in [0.717, 1.165) is 21.1 Å². The first-order chi connectivity index (χ1) is 21.4. The zero-order valence-corrected chi connectivity index (χ0v) is 24.5. The van der Waals surface area contributed by atoms with E-state index in [1.165, 1.54) is 42.5 Å². The number of fused-ring (bicyclic) bond motifs is 1. The fraction of sp³-hybridized carbons (Fsp3) is 0.100. The number of aromatic nitrogens is 6. The first kappa shape index (κ1) is 30.9. The topological polar surface area (TPSA) is 173 Å². The van der Waals surface area contributed by atoms with Gasteiger partial charge in [-0.05, 0) is 67.1 Å². The van der Waals surface area contributed by atoms with Crippen molar-refractivity contribution in [2.24, 2.45) is 0 Å². The number of carbonyl (C=O) groups excluding carboxylic acids is 1. The molecule has 12 nitrogen and oxygen atoms in total. The lowest BCUT2D eigenvalue weighted by Crippen LogP contribution is -2.28. The lowest BCUT2D eigenvalue weighted by Gasteiger charge is -2.12. The standard InChI is InChI=1S/C29H20F2N6O3.CH4O3S/c1-16-8-23(29(39)37(36-16)21-5-3-20(30)4-6-21)26(38)10-17-2-7-27(24(31)9-17)40-28-11-18-13-34-35-25(18)12-22(28)19-14-32-33-15-19;1-5(2,3)4/h2-9,11-15H,10H2,1H3,(H,32,33)(H,34,35);1H3,(H,2,3,4). The summed E-state index contributed by atoms with van der Waals surface area (Å²) in [6.07, 6.45) is 5.45. The molecule has 0 atom stereocenters. The van der Waals surface area contributed by atoms with Gasteiger partial charge in [-0.15, -0.1) is 0 Å². The van der Waals surface area contributed by atoms with Crippen molar-refractivity contribution in [1.82, 2.24) is 30.2 Å². The van der Waals surface area contributed by atoms with Gasteiger partial charge in [-0.25, -0.2) is 8.78 Å². The molecule has 15 heteroatoms. The van der Waals surface area contributed by atoms with Gasteiger partial charge in [0, 0.05) is 29.1 Å². The predicted octanol–water partition coefficient (Wildman–Crippen LogP) is 4.81. The Bertz CT molecular complexity index is 2170. The Morgan fingerprint density at radius 2 is 1.73 bits per heavy atom. The second-order valence-electron chi connectivity index (χ2n) is 9.89. The van der Waals surface area contributed by atoms with Crippen LogP contribution in [0, 0.1) is 18.6 Å². The monoisotopic (exact) mass is 634 g/mol. The number of aryl methyl sites for hydroxylation is 1. The Morgan fingerprint density at radius 1 is 1.00 bits per heavy atom. The summed E-state index contributed by atoms with van der Waals surface area (Å²) in [7, 11) is -3.67. The van der Waals surface area contributed by atoms with E-state index < -0.39 is 33.1 Å². The summed E-state index contributed by atoms with van der Waals surface area (Å²) in [6, 6.07) is 14.4. The van der Waals surface area contributed by atoms with Crippen LogP contribution in [0.5, 0.6) is 11.5 Å². The smallest absolute Gasteiger partial charge is 0.282 e. The van der Waals surface area contributed by atoms with Gasteiger partial charge in [0.05, 0.1) is 41.1 Å². The van der Waals surface area contributed by atoms with Crippen LogP contribution in [0.3, 0.4) is 0 Å². The van der Waals surface area contributed by atoms with Crippen LogP contribution >= 0.6 is 0 Å². The highest BCUT2D eigenvalue weighted by atomic mass is 32.2. The highest BCUT2D eigenvalue weighted by molar-refractivity contribution is 7.85. The molecule has 230 valence electrons. The number of benzene rings is 3. The third-order valence-corrected chi connectivity index (χ3v) is 6.34. The first-order valence-electron chi connectivity index (χ1n) is 13.1. The van der Waals surface area contributed by atoms with Gasteiger partial charge >= 0.3 is 0 Å². The number of Topliss-reactive ketones (excluding diaryl/α,β-unsaturated/α-hetero) is 1. The number of hydrogen-bond donors (Lipinski definition) is 3. The van der Waals surface area contributed by atoms with Crippen LogP contribution < -0.4 is 10.3 Å². The molecule has 0 saturated heterocycles. The van der Waals surface area contributed by atoms with E-state index in [9.17, 15) is 22.4 Å². The van der Waals surface area contributed by atoms with Crippen LogP contribution in [0.2, 0.25) is 0 Å². The van der Waals surface area contributed by atoms with Crippen LogP contribution in [0.15, 0.2) is 84.0 Å². The maximum absolute atomic E-state index is 15.2. The highest BCUT2D eigenvalue weighted by Crippen LogP contribution is 2.37. The minimum Gasteiger partial charge on any atom is -0.454 e. The average Bonchev–Trinajstić information content (AvgIpc) is 3.67. The second kappa shape index (κ2) is 12.6. The number of halogens is 2. The molecule has 0 aliphatic carbocycles. The Kier molecular flexibility index (Phi) is 8.65. The van der Waals surface area contributed by atoms with E-state index in [4.69, 9.17) is 9.29 Å². The Morgan fingerprint density at radius 3 is 2.40 bits per heavy atom. The van der Waals surface area contributed by atoms with E-state index in [1.807, 2.05) is 6.07 Å². The molecule has 0 fully saturated rings. The minimum atomic E-state index is -3.67. The Hall–Kier alpha value is -5.54. The summed E-state index contributed by atoms with van der Waals surface area (Å²) in [5.74, 6) is -1.29. The third-order valence-electron chi connectivity index (χ3n) is 6.34. The molecule has 0 unspecified atom stereocenters. The summed E-state index contributed by atoms with van der Waals surface area (Å²) >= 11 is 0. The van der Waals surface area contributed by atoms with E-state index in [-0.39, 0.29) is 17.7 Å². The lowest BCUT2D eigenvalue weighted by molar-refractivity contribution is 0.0990. The maximum atomic E-state index is 15.2. The molecule has 3 aromatic heterocycles. The Labute approximate surface area is 254 Å². The van der Waals surface area contributed by atoms with Crippen molar-refractivity contribution in [1.29, 1.82) is 0 Å². The van der Waals surface area contributed by atoms with Crippen molar-refractivity contribution < 1.29 is 31.3 Å². The van der Waals surface area contributed by atoms with Crippen LogP contribution in [0.4, 0.5) is 8.78 Å². The molecule has 6 aromatic rings. The SMILES string of the molecule is CS(=O)(=O)O.Cc1cc(C(=O)Cc2ccc(Oc3cc4cn[nH]c4cc3-c3cn[nH]c3)c(F)c2)c(=O)n(-c2ccc(F)cc2)n1. The zero-order valence-electron chi connectivity index (χ0n) is 23.7. The van der Waals surface area contributed by atoms with E-state index in [2.05, 4.69) is 25.5 Å². The van der Waals surface area contributed by atoms with Crippen molar-refractivity contribution >= 4 is 26.8 Å². The summed E-state index contributed by atoms with van der Waals surface area (Å²) in [6.45, 7) is 1.64. The quantitative estimate of drug-likeness (QED) is 0.165. The lowest BCUT2D eigenvalue weighted by atomic mass is 10.0. The first-order valence-corrected chi connectivity index (χ1v) is 15.0. The van der Waals surface area contributed by atoms with E-state index in [0.29, 0.717) is 34.5 Å². The number of nitrogens with zero attached hydrogens (tertiary/aromatic N) is 4. The number of carbonyl (C=O) groups is 1. The number of hydrogen-bond acceptors (Lipinski definition) is 8. The number of ether oxygens (including phenoxy) is 1. The largest absolute Gasteiger partial charge is 0.454 e. The normalized spacial score (nSPS) is 11.2. The van der Waals surface area contributed by atoms with Gasteiger partial charge in [-0.3, -0.25) is 24.3 Å². The number of nitrogens with one attached hydrogen (secondary N) is 2. The molecule has 0 radical (unpaired) electrons. The molecule has 0 aliphatic rings. The van der Waals surface area contributed by atoms with Gasteiger partial charge in [0.25, 0.3) is 15.7 Å². The number of ketones is 1. The molecule has 45 heavy (non-hydrogen) atoms. The van der Waals surface area contributed by atoms with E-state index >= 15 is 4.39 Å². The van der Waals surface area contributed by atoms with E-state index in [1.54, 1.807) is 37.6 Å². The van der Waals surface area contributed by atoms with Crippen molar-refractivity contribution in [2.45, 2.75) is 13.3 Å². The molecule has 0 aliphatic heterocycles. The summed E-state index contributed by atoms with van der Waals surface area (Å²) in [4.78, 5) is 26.2. The van der Waals surface area contributed by atoms with Crippen LogP contribution in [0.1, 0.15) is 21.6 Å². The van der Waals surface area contributed by atoms with Crippen molar-refractivity contribution in [2.75, 3.05) is 6.26 Å². The Balaban J connectivity index is 0.000000743. The average molecular weight is 635 g/mol. The van der Waals surface area contributed by atoms with Gasteiger partial charge in [0.2, 0.25) is 0 Å². The van der Waals surface area contributed by atoms with Gasteiger partial charge in [0.15, 0.2) is 17.3 Å². The summed E-state index contributed by atoms with van der Waals surface area (Å²) in [5.41, 5.74) is 2.55. The van der Waals surface area contributed by atoms with Gasteiger partial charge < -0.3 is 4.74 Å². The molecular weight excluding hydrogens is 610 g/mol. The van der Waals surface area contributed by atoms with Crippen molar-refractivity contribution in [3.63, 3.8) is 0 Å². The summed E-state index contributed by atoms with van der Waals surface area (Å²) < 4.78 is 61.4.